The van der Waals surface area contributed by atoms with Crippen molar-refractivity contribution in [1.82, 2.24) is 4.90 Å². The predicted molar refractivity (Wildman–Crippen MR) is 104 cm³/mol. The van der Waals surface area contributed by atoms with Gasteiger partial charge >= 0.3 is 0 Å². The average Bonchev–Trinajstić information content (AvgIpc) is 2.98. The highest BCUT2D eigenvalue weighted by atomic mass is 32.1. The molecule has 1 atom stereocenters. The van der Waals surface area contributed by atoms with Gasteiger partial charge in [-0.3, -0.25) is 4.90 Å². The van der Waals surface area contributed by atoms with E-state index < -0.39 is 0 Å². The number of nitrogens with zero attached hydrogens (tertiary/aromatic N) is 2. The molecule has 2 aromatic rings. The van der Waals surface area contributed by atoms with E-state index in [0.29, 0.717) is 6.04 Å². The lowest BCUT2D eigenvalue weighted by Crippen LogP contribution is -2.51. The maximum absolute atomic E-state index is 2.66. The van der Waals surface area contributed by atoms with E-state index in [2.05, 4.69) is 53.3 Å². The Hall–Kier alpha value is -1.32. The van der Waals surface area contributed by atoms with Gasteiger partial charge in [0.2, 0.25) is 0 Å². The number of hydrogen-bond acceptors (Lipinski definition) is 3. The van der Waals surface area contributed by atoms with Gasteiger partial charge < -0.3 is 4.90 Å². The predicted octanol–water partition coefficient (Wildman–Crippen LogP) is 4.65. The van der Waals surface area contributed by atoms with Crippen LogP contribution < -0.4 is 4.90 Å². The second-order valence-electron chi connectivity index (χ2n) is 7.49. The van der Waals surface area contributed by atoms with Crippen LogP contribution in [0.1, 0.15) is 41.3 Å². The van der Waals surface area contributed by atoms with Crippen LogP contribution in [-0.2, 0) is 19.4 Å². The van der Waals surface area contributed by atoms with Gasteiger partial charge in [0.1, 0.15) is 0 Å². The molecule has 1 aromatic carbocycles. The monoisotopic (exact) mass is 340 g/mol. The lowest BCUT2D eigenvalue weighted by Gasteiger charge is -2.41. The zero-order valence-corrected chi connectivity index (χ0v) is 15.7. The second-order valence-corrected chi connectivity index (χ2v) is 8.45. The molecule has 24 heavy (non-hydrogen) atoms. The third-order valence-electron chi connectivity index (χ3n) is 5.59. The van der Waals surface area contributed by atoms with Crippen molar-refractivity contribution in [2.75, 3.05) is 24.5 Å². The van der Waals surface area contributed by atoms with Gasteiger partial charge in [-0.1, -0.05) is 12.1 Å². The molecule has 0 saturated carbocycles. The zero-order chi connectivity index (χ0) is 16.5. The Bertz CT molecular complexity index is 706. The van der Waals surface area contributed by atoms with Gasteiger partial charge in [0.05, 0.1) is 0 Å². The lowest BCUT2D eigenvalue weighted by molar-refractivity contribution is 0.220. The molecule has 2 heterocycles. The Morgan fingerprint density at radius 1 is 1.17 bits per heavy atom. The number of hydrogen-bond donors (Lipinski definition) is 0. The molecule has 0 unspecified atom stereocenters. The van der Waals surface area contributed by atoms with Crippen molar-refractivity contribution in [3.8, 4) is 0 Å². The topological polar surface area (TPSA) is 6.48 Å². The van der Waals surface area contributed by atoms with Crippen molar-refractivity contribution < 1.29 is 0 Å². The van der Waals surface area contributed by atoms with E-state index >= 15 is 0 Å². The average molecular weight is 341 g/mol. The highest BCUT2D eigenvalue weighted by molar-refractivity contribution is 7.10. The minimum atomic E-state index is 0.579. The van der Waals surface area contributed by atoms with Crippen LogP contribution in [0, 0.1) is 6.92 Å². The lowest BCUT2D eigenvalue weighted by atomic mass is 9.95. The summed E-state index contributed by atoms with van der Waals surface area (Å²) in [5.74, 6) is 0. The zero-order valence-electron chi connectivity index (χ0n) is 14.9. The number of thiophene rings is 1. The molecule has 1 fully saturated rings. The van der Waals surface area contributed by atoms with Crippen LogP contribution in [0.5, 0.6) is 0 Å². The van der Waals surface area contributed by atoms with Gasteiger partial charge in [-0.25, -0.2) is 0 Å². The number of rotatable bonds is 3. The van der Waals surface area contributed by atoms with Gasteiger partial charge in [0, 0.05) is 42.8 Å². The molecule has 1 aliphatic heterocycles. The fraction of sp³-hybridized carbons (Fsp3) is 0.524. The smallest absolute Gasteiger partial charge is 0.0389 e. The van der Waals surface area contributed by atoms with E-state index in [-0.39, 0.29) is 0 Å². The van der Waals surface area contributed by atoms with Crippen molar-refractivity contribution in [1.29, 1.82) is 0 Å². The molecule has 0 amide bonds. The molecule has 4 rings (SSSR count). The summed E-state index contributed by atoms with van der Waals surface area (Å²) in [7, 11) is 0. The molecule has 0 bridgehead atoms. The van der Waals surface area contributed by atoms with E-state index in [1.54, 1.807) is 16.0 Å². The molecular formula is C21H28N2S. The number of piperazine rings is 1. The largest absolute Gasteiger partial charge is 0.366 e. The molecule has 0 N–H and O–H groups in total. The maximum atomic E-state index is 2.66. The number of fused-ring (bicyclic) bond motifs is 1. The normalized spacial score (nSPS) is 21.8. The summed E-state index contributed by atoms with van der Waals surface area (Å²) >= 11 is 2.00. The highest BCUT2D eigenvalue weighted by Gasteiger charge is 2.25. The van der Waals surface area contributed by atoms with Gasteiger partial charge in [0.15, 0.2) is 0 Å². The summed E-state index contributed by atoms with van der Waals surface area (Å²) in [5, 5.41) is 2.44. The fourth-order valence-electron chi connectivity index (χ4n) is 4.30. The molecular weight excluding hydrogens is 312 g/mol. The Labute approximate surface area is 150 Å². The molecule has 128 valence electrons. The SMILES string of the molecule is Cc1cccc(N2CCN(Cc3csc4c3CCCC4)C[C@@H]2C)c1. The first-order valence-electron chi connectivity index (χ1n) is 9.34. The van der Waals surface area contributed by atoms with E-state index in [1.165, 1.54) is 50.0 Å². The van der Waals surface area contributed by atoms with Crippen molar-refractivity contribution in [2.24, 2.45) is 0 Å². The fourth-order valence-corrected chi connectivity index (χ4v) is 5.44. The first-order valence-corrected chi connectivity index (χ1v) is 10.2. The summed E-state index contributed by atoms with van der Waals surface area (Å²) in [5.41, 5.74) is 6.05. The van der Waals surface area contributed by atoms with Crippen molar-refractivity contribution in [2.45, 2.75) is 52.1 Å². The Balaban J connectivity index is 1.42. The quantitative estimate of drug-likeness (QED) is 0.803. The van der Waals surface area contributed by atoms with Gasteiger partial charge in [-0.15, -0.1) is 11.3 Å². The summed E-state index contributed by atoms with van der Waals surface area (Å²) < 4.78 is 0. The van der Waals surface area contributed by atoms with Gasteiger partial charge in [-0.05, 0) is 73.7 Å². The van der Waals surface area contributed by atoms with E-state index in [0.717, 1.165) is 13.1 Å². The molecule has 1 aromatic heterocycles. The second kappa shape index (κ2) is 6.89. The Kier molecular flexibility index (Phi) is 4.64. The number of benzene rings is 1. The molecule has 0 radical (unpaired) electrons. The van der Waals surface area contributed by atoms with E-state index in [1.807, 2.05) is 11.3 Å². The van der Waals surface area contributed by atoms with Crippen molar-refractivity contribution in [3.05, 3.63) is 51.2 Å². The molecule has 2 aliphatic rings. The minimum absolute atomic E-state index is 0.579. The third-order valence-corrected chi connectivity index (χ3v) is 6.72. The summed E-state index contributed by atoms with van der Waals surface area (Å²) in [4.78, 5) is 6.91. The Morgan fingerprint density at radius 3 is 2.88 bits per heavy atom. The van der Waals surface area contributed by atoms with Crippen LogP contribution in [-0.4, -0.2) is 30.6 Å². The third kappa shape index (κ3) is 3.25. The molecule has 0 spiro atoms. The van der Waals surface area contributed by atoms with Crippen LogP contribution >= 0.6 is 11.3 Å². The highest BCUT2D eigenvalue weighted by Crippen LogP contribution is 2.31. The van der Waals surface area contributed by atoms with Crippen LogP contribution in [0.4, 0.5) is 5.69 Å². The standard InChI is InChI=1S/C21H28N2S/c1-16-6-5-7-19(12-16)23-11-10-22(13-17(23)2)14-18-15-24-21-9-4-3-8-20(18)21/h5-7,12,15,17H,3-4,8-11,13-14H2,1-2H3/t17-/m0/s1. The van der Waals surface area contributed by atoms with E-state index in [4.69, 9.17) is 0 Å². The minimum Gasteiger partial charge on any atom is -0.366 e. The van der Waals surface area contributed by atoms with Crippen LogP contribution in [0.15, 0.2) is 29.6 Å². The van der Waals surface area contributed by atoms with Gasteiger partial charge in [-0.2, -0.15) is 0 Å². The number of anilines is 1. The van der Waals surface area contributed by atoms with Crippen LogP contribution in [0.25, 0.3) is 0 Å². The van der Waals surface area contributed by atoms with E-state index in [9.17, 15) is 0 Å². The summed E-state index contributed by atoms with van der Waals surface area (Å²) in [6.45, 7) is 9.18. The van der Waals surface area contributed by atoms with Crippen molar-refractivity contribution >= 4 is 17.0 Å². The van der Waals surface area contributed by atoms with Crippen molar-refractivity contribution in [3.63, 3.8) is 0 Å². The molecule has 3 heteroatoms. The van der Waals surface area contributed by atoms with Gasteiger partial charge in [0.25, 0.3) is 0 Å². The molecule has 2 nitrogen and oxygen atoms in total. The molecule has 1 aliphatic carbocycles. The summed E-state index contributed by atoms with van der Waals surface area (Å²) in [6, 6.07) is 9.52. The maximum Gasteiger partial charge on any atom is 0.0389 e. The summed E-state index contributed by atoms with van der Waals surface area (Å²) in [6.07, 6.45) is 5.40. The Morgan fingerprint density at radius 2 is 2.04 bits per heavy atom. The van der Waals surface area contributed by atoms with Crippen LogP contribution in [0.2, 0.25) is 0 Å². The first kappa shape index (κ1) is 16.2. The molecule has 1 saturated heterocycles. The van der Waals surface area contributed by atoms with Crippen LogP contribution in [0.3, 0.4) is 0 Å². The number of aryl methyl sites for hydroxylation is 2. The first-order chi connectivity index (χ1) is 11.7.